The van der Waals surface area contributed by atoms with Gasteiger partial charge in [-0.15, -0.1) is 0 Å². The Morgan fingerprint density at radius 2 is 2.23 bits per heavy atom. The lowest BCUT2D eigenvalue weighted by Gasteiger charge is -2.25. The van der Waals surface area contributed by atoms with Gasteiger partial charge in [0.2, 0.25) is 0 Å². The van der Waals surface area contributed by atoms with Crippen LogP contribution in [0.4, 0.5) is 0 Å². The first-order valence-corrected chi connectivity index (χ1v) is 5.33. The average molecular weight is 199 g/mol. The van der Waals surface area contributed by atoms with Crippen LogP contribution in [0.3, 0.4) is 0 Å². The van der Waals surface area contributed by atoms with Crippen LogP contribution in [0.15, 0.2) is 11.1 Å². The Bertz CT molecular complexity index is 291. The van der Waals surface area contributed by atoms with Gasteiger partial charge in [-0.25, -0.2) is 0 Å². The summed E-state index contributed by atoms with van der Waals surface area (Å²) in [4.78, 5) is 0. The van der Waals surface area contributed by atoms with Gasteiger partial charge in [0.25, 0.3) is 0 Å². The lowest BCUT2D eigenvalue weighted by molar-refractivity contribution is 0.298. The molecule has 0 saturated heterocycles. The van der Waals surface area contributed by atoms with Crippen LogP contribution in [0.2, 0.25) is 0 Å². The average Bonchev–Trinajstić information content (AvgIpc) is 2.47. The second-order valence-corrected chi connectivity index (χ2v) is 4.47. The number of aryl methyl sites for hydroxylation is 1. The molecule has 4 heteroatoms. The molecule has 0 aliphatic rings. The molecule has 1 aromatic heterocycles. The van der Waals surface area contributed by atoms with Crippen molar-refractivity contribution in [2.24, 2.45) is 5.14 Å². The van der Waals surface area contributed by atoms with E-state index in [9.17, 15) is 0 Å². The first-order valence-electron chi connectivity index (χ1n) is 4.45. The maximum atomic E-state index is 5.46. The summed E-state index contributed by atoms with van der Waals surface area (Å²) in [5.41, 5.74) is 1.25. The summed E-state index contributed by atoms with van der Waals surface area (Å²) < 4.78 is 2.04. The molecule has 0 aliphatic carbocycles. The smallest absolute Gasteiger partial charge is 0.133 e. The molecule has 74 valence electrons. The fourth-order valence-corrected chi connectivity index (χ4v) is 1.63. The molecule has 0 aliphatic heterocycles. The van der Waals surface area contributed by atoms with Crippen LogP contribution in [0.1, 0.15) is 32.9 Å². The number of hydrogen-bond acceptors (Lipinski definition) is 3. The van der Waals surface area contributed by atoms with Crippen molar-refractivity contribution >= 4 is 11.9 Å². The van der Waals surface area contributed by atoms with Crippen LogP contribution in [-0.2, 0) is 5.54 Å². The first-order chi connectivity index (χ1) is 6.01. The number of aromatic nitrogens is 2. The second-order valence-electron chi connectivity index (χ2n) is 3.82. The molecule has 0 unspecified atom stereocenters. The van der Waals surface area contributed by atoms with E-state index in [4.69, 9.17) is 5.14 Å². The topological polar surface area (TPSA) is 43.8 Å². The quantitative estimate of drug-likeness (QED) is 0.760. The summed E-state index contributed by atoms with van der Waals surface area (Å²) in [7, 11) is 0. The van der Waals surface area contributed by atoms with E-state index in [1.807, 2.05) is 10.7 Å². The maximum absolute atomic E-state index is 5.46. The summed E-state index contributed by atoms with van der Waals surface area (Å²) in [5, 5.41) is 10.8. The minimum Gasteiger partial charge on any atom is -0.272 e. The highest BCUT2D eigenvalue weighted by atomic mass is 32.2. The molecule has 0 amide bonds. The molecule has 1 rings (SSSR count). The molecule has 13 heavy (non-hydrogen) atoms. The van der Waals surface area contributed by atoms with Crippen molar-refractivity contribution in [3.8, 4) is 0 Å². The molecule has 1 heterocycles. The first kappa shape index (κ1) is 10.6. The molecule has 0 aromatic carbocycles. The minimum atomic E-state index is 0.0814. The molecule has 3 nitrogen and oxygen atoms in total. The molecule has 0 radical (unpaired) electrons. The van der Waals surface area contributed by atoms with Crippen LogP contribution in [0.25, 0.3) is 0 Å². The van der Waals surface area contributed by atoms with Crippen molar-refractivity contribution in [2.45, 2.75) is 44.7 Å². The van der Waals surface area contributed by atoms with Crippen molar-refractivity contribution in [3.05, 3.63) is 11.8 Å². The number of nitrogens with zero attached hydrogens (tertiary/aromatic N) is 2. The van der Waals surface area contributed by atoms with Gasteiger partial charge in [0, 0.05) is 5.69 Å². The van der Waals surface area contributed by atoms with E-state index in [2.05, 4.69) is 32.8 Å². The van der Waals surface area contributed by atoms with Crippen LogP contribution < -0.4 is 5.14 Å². The normalized spacial score (nSPS) is 12.1. The van der Waals surface area contributed by atoms with E-state index in [1.54, 1.807) is 0 Å². The van der Waals surface area contributed by atoms with Gasteiger partial charge in [0.1, 0.15) is 5.03 Å². The van der Waals surface area contributed by atoms with Gasteiger partial charge < -0.3 is 0 Å². The van der Waals surface area contributed by atoms with Crippen molar-refractivity contribution in [1.82, 2.24) is 9.78 Å². The van der Waals surface area contributed by atoms with E-state index >= 15 is 0 Å². The third-order valence-electron chi connectivity index (χ3n) is 2.42. The second kappa shape index (κ2) is 3.72. The van der Waals surface area contributed by atoms with Gasteiger partial charge in [-0.3, -0.25) is 9.82 Å². The van der Waals surface area contributed by atoms with E-state index in [0.717, 1.165) is 11.4 Å². The Labute approximate surface area is 83.8 Å². The van der Waals surface area contributed by atoms with Crippen LogP contribution in [-0.4, -0.2) is 9.78 Å². The van der Waals surface area contributed by atoms with Gasteiger partial charge in [-0.1, -0.05) is 6.92 Å². The molecule has 0 atom stereocenters. The Morgan fingerprint density at radius 3 is 2.62 bits per heavy atom. The predicted octanol–water partition coefficient (Wildman–Crippen LogP) is 2.30. The predicted molar refractivity (Wildman–Crippen MR) is 56.6 cm³/mol. The highest BCUT2D eigenvalue weighted by Crippen LogP contribution is 2.23. The zero-order valence-electron chi connectivity index (χ0n) is 8.66. The molecule has 0 bridgehead atoms. The van der Waals surface area contributed by atoms with E-state index in [1.165, 1.54) is 17.6 Å². The number of rotatable bonds is 3. The van der Waals surface area contributed by atoms with E-state index < -0.39 is 0 Å². The van der Waals surface area contributed by atoms with Crippen molar-refractivity contribution in [3.63, 3.8) is 0 Å². The zero-order chi connectivity index (χ0) is 10.1. The van der Waals surface area contributed by atoms with Gasteiger partial charge in [-0.05, 0) is 45.2 Å². The highest BCUT2D eigenvalue weighted by molar-refractivity contribution is 7.97. The van der Waals surface area contributed by atoms with Crippen LogP contribution in [0, 0.1) is 6.92 Å². The van der Waals surface area contributed by atoms with E-state index in [-0.39, 0.29) is 5.54 Å². The van der Waals surface area contributed by atoms with Crippen molar-refractivity contribution < 1.29 is 0 Å². The lowest BCUT2D eigenvalue weighted by Crippen LogP contribution is -2.27. The Hall–Kier alpha value is -0.480. The Balaban J connectivity index is 3.07. The Kier molecular flexibility index (Phi) is 3.03. The summed E-state index contributed by atoms with van der Waals surface area (Å²) in [6.07, 6.45) is 1.06. The monoisotopic (exact) mass is 199 g/mol. The lowest BCUT2D eigenvalue weighted by atomic mass is 10.0. The molecular formula is C9H17N3S. The molecular weight excluding hydrogens is 182 g/mol. The molecule has 0 fully saturated rings. The summed E-state index contributed by atoms with van der Waals surface area (Å²) in [5.74, 6) is 0. The SMILES string of the molecule is CCC(C)(C)n1nc(SN)cc1C. The van der Waals surface area contributed by atoms with Crippen LogP contribution >= 0.6 is 11.9 Å². The standard InChI is InChI=1S/C9H17N3S/c1-5-9(3,4)12-7(2)6-8(11-12)13-10/h6H,5,10H2,1-4H3. The summed E-state index contributed by atoms with van der Waals surface area (Å²) in [6, 6.07) is 2.02. The molecule has 1 aromatic rings. The minimum absolute atomic E-state index is 0.0814. The Morgan fingerprint density at radius 1 is 1.62 bits per heavy atom. The third kappa shape index (κ3) is 2.06. The zero-order valence-corrected chi connectivity index (χ0v) is 9.48. The summed E-state index contributed by atoms with van der Waals surface area (Å²) in [6.45, 7) is 8.58. The van der Waals surface area contributed by atoms with Crippen molar-refractivity contribution in [1.29, 1.82) is 0 Å². The highest BCUT2D eigenvalue weighted by Gasteiger charge is 2.20. The largest absolute Gasteiger partial charge is 0.272 e. The fourth-order valence-electron chi connectivity index (χ4n) is 1.27. The molecule has 0 spiro atoms. The fraction of sp³-hybridized carbons (Fsp3) is 0.667. The number of hydrogen-bond donors (Lipinski definition) is 1. The van der Waals surface area contributed by atoms with Gasteiger partial charge >= 0.3 is 0 Å². The number of nitrogens with two attached hydrogens (primary N) is 1. The van der Waals surface area contributed by atoms with Gasteiger partial charge in [0.05, 0.1) is 5.54 Å². The summed E-state index contributed by atoms with van der Waals surface area (Å²) >= 11 is 1.20. The maximum Gasteiger partial charge on any atom is 0.133 e. The van der Waals surface area contributed by atoms with Crippen LogP contribution in [0.5, 0.6) is 0 Å². The van der Waals surface area contributed by atoms with Crippen molar-refractivity contribution in [2.75, 3.05) is 0 Å². The van der Waals surface area contributed by atoms with E-state index in [0.29, 0.717) is 0 Å². The molecule has 2 N–H and O–H groups in total. The molecule has 0 saturated carbocycles. The third-order valence-corrected chi connectivity index (χ3v) is 2.87. The van der Waals surface area contributed by atoms with Gasteiger partial charge in [-0.2, -0.15) is 5.10 Å². The van der Waals surface area contributed by atoms with Gasteiger partial charge in [0.15, 0.2) is 0 Å².